The van der Waals surface area contributed by atoms with Crippen LogP contribution in [0.2, 0.25) is 0 Å². The average molecular weight is 426 g/mol. The third-order valence-corrected chi connectivity index (χ3v) is 7.19. The zero-order valence-electron chi connectivity index (χ0n) is 15.0. The molecule has 0 bridgehead atoms. The van der Waals surface area contributed by atoms with Crippen LogP contribution in [0.3, 0.4) is 0 Å². The molecular weight excluding hydrogens is 402 g/mol. The minimum atomic E-state index is -0.170. The number of amides is 1. The van der Waals surface area contributed by atoms with Crippen LogP contribution >= 0.6 is 35.5 Å². The van der Waals surface area contributed by atoms with Crippen LogP contribution in [0.1, 0.15) is 33.0 Å². The lowest BCUT2D eigenvalue weighted by molar-refractivity contribution is -0.0771. The summed E-state index contributed by atoms with van der Waals surface area (Å²) in [5.41, 5.74) is 1.13. The van der Waals surface area contributed by atoms with Gasteiger partial charge in [-0.1, -0.05) is 6.07 Å². The number of hydrogen-bond acceptors (Lipinski definition) is 6. The second-order valence-electron chi connectivity index (χ2n) is 6.58. The van der Waals surface area contributed by atoms with Gasteiger partial charge in [-0.2, -0.15) is 0 Å². The van der Waals surface area contributed by atoms with Gasteiger partial charge in [0.05, 0.1) is 16.5 Å². The molecule has 2 aliphatic heterocycles. The van der Waals surface area contributed by atoms with Gasteiger partial charge in [0.15, 0.2) is 0 Å². The summed E-state index contributed by atoms with van der Waals surface area (Å²) in [6, 6.07) is 7.94. The van der Waals surface area contributed by atoms with Gasteiger partial charge in [-0.15, -0.1) is 35.5 Å². The number of aromatic nitrogens is 1. The summed E-state index contributed by atoms with van der Waals surface area (Å²) in [4.78, 5) is 18.9. The highest BCUT2D eigenvalue weighted by molar-refractivity contribution is 7.99. The third-order valence-electron chi connectivity index (χ3n) is 4.88. The Bertz CT molecular complexity index is 764. The lowest BCUT2D eigenvalue weighted by Crippen LogP contribution is -2.43. The van der Waals surface area contributed by atoms with Crippen molar-refractivity contribution in [1.82, 2.24) is 15.6 Å². The van der Waals surface area contributed by atoms with Crippen molar-refractivity contribution in [2.75, 3.05) is 32.0 Å². The minimum Gasteiger partial charge on any atom is -0.369 e. The lowest BCUT2D eigenvalue weighted by atomic mass is 9.86. The van der Waals surface area contributed by atoms with Gasteiger partial charge in [0.2, 0.25) is 0 Å². The van der Waals surface area contributed by atoms with Gasteiger partial charge in [0.1, 0.15) is 5.60 Å². The summed E-state index contributed by atoms with van der Waals surface area (Å²) in [5, 5.41) is 7.43. The molecule has 8 heteroatoms. The van der Waals surface area contributed by atoms with E-state index in [1.807, 2.05) is 18.2 Å². The predicted molar refractivity (Wildman–Crippen MR) is 112 cm³/mol. The molecule has 0 aromatic carbocycles. The molecule has 0 atom stereocenters. The number of fused-ring (bicyclic) bond motifs is 2. The van der Waals surface area contributed by atoms with Crippen molar-refractivity contribution in [3.8, 4) is 0 Å². The van der Waals surface area contributed by atoms with Crippen LogP contribution < -0.4 is 10.6 Å². The summed E-state index contributed by atoms with van der Waals surface area (Å²) in [6.45, 7) is 3.34. The first-order valence-electron chi connectivity index (χ1n) is 9.07. The smallest absolute Gasteiger partial charge is 0.261 e. The predicted octanol–water partition coefficient (Wildman–Crippen LogP) is 3.24. The molecule has 4 rings (SSSR count). The molecule has 0 saturated carbocycles. The summed E-state index contributed by atoms with van der Waals surface area (Å²) in [7, 11) is 0. The van der Waals surface area contributed by atoms with E-state index in [2.05, 4.69) is 21.7 Å². The number of ether oxygens (including phenoxy) is 1. The van der Waals surface area contributed by atoms with E-state index in [9.17, 15) is 4.79 Å². The zero-order chi connectivity index (χ0) is 17.8. The number of rotatable bonds is 5. The summed E-state index contributed by atoms with van der Waals surface area (Å²) in [6.07, 6.45) is 4.67. The van der Waals surface area contributed by atoms with Gasteiger partial charge >= 0.3 is 0 Å². The van der Waals surface area contributed by atoms with Crippen LogP contribution in [-0.4, -0.2) is 42.9 Å². The molecule has 2 aromatic rings. The molecule has 4 heterocycles. The summed E-state index contributed by atoms with van der Waals surface area (Å²) >= 11 is 3.27. The van der Waals surface area contributed by atoms with Gasteiger partial charge in [0, 0.05) is 23.4 Å². The van der Waals surface area contributed by atoms with Gasteiger partial charge < -0.3 is 15.4 Å². The molecular formula is C19H24ClN3O2S2. The molecule has 146 valence electrons. The van der Waals surface area contributed by atoms with Crippen molar-refractivity contribution in [2.24, 2.45) is 0 Å². The van der Waals surface area contributed by atoms with Crippen molar-refractivity contribution >= 4 is 41.4 Å². The fourth-order valence-electron chi connectivity index (χ4n) is 3.58. The van der Waals surface area contributed by atoms with Crippen molar-refractivity contribution in [1.29, 1.82) is 0 Å². The number of pyridine rings is 1. The first-order chi connectivity index (χ1) is 12.8. The van der Waals surface area contributed by atoms with E-state index in [-0.39, 0.29) is 23.9 Å². The second kappa shape index (κ2) is 9.39. The van der Waals surface area contributed by atoms with Crippen molar-refractivity contribution in [3.63, 3.8) is 0 Å². The molecule has 5 nitrogen and oxygen atoms in total. The lowest BCUT2D eigenvalue weighted by Gasteiger charge is -2.40. The number of thiophene rings is 1. The van der Waals surface area contributed by atoms with E-state index in [1.165, 1.54) is 10.4 Å². The van der Waals surface area contributed by atoms with E-state index in [0.717, 1.165) is 54.6 Å². The number of carbonyl (C=O) groups excluding carboxylic acids is 1. The number of hydrogen-bond donors (Lipinski definition) is 2. The number of halogens is 1. The van der Waals surface area contributed by atoms with Crippen LogP contribution in [0, 0.1) is 0 Å². The molecule has 1 saturated heterocycles. The topological polar surface area (TPSA) is 63.2 Å². The molecule has 0 radical (unpaired) electrons. The van der Waals surface area contributed by atoms with Crippen LogP contribution in [-0.2, 0) is 16.8 Å². The van der Waals surface area contributed by atoms with Crippen LogP contribution in [0.5, 0.6) is 0 Å². The Morgan fingerprint density at radius 2 is 2.22 bits per heavy atom. The van der Waals surface area contributed by atoms with Crippen LogP contribution in [0.25, 0.3) is 0 Å². The summed E-state index contributed by atoms with van der Waals surface area (Å²) in [5.74, 6) is 0.835. The highest BCUT2D eigenvalue weighted by Gasteiger charge is 2.41. The number of piperidine rings is 1. The molecule has 1 fully saturated rings. The number of thioether (sulfide) groups is 1. The fourth-order valence-corrected chi connectivity index (χ4v) is 5.63. The first-order valence-corrected chi connectivity index (χ1v) is 10.9. The minimum absolute atomic E-state index is 0. The highest BCUT2D eigenvalue weighted by atomic mass is 35.5. The Hall–Kier alpha value is -1.12. The van der Waals surface area contributed by atoms with E-state index in [4.69, 9.17) is 4.74 Å². The van der Waals surface area contributed by atoms with Crippen molar-refractivity contribution in [2.45, 2.75) is 29.9 Å². The van der Waals surface area contributed by atoms with Crippen LogP contribution in [0.4, 0.5) is 0 Å². The SMILES string of the molecule is Cl.O=C(NCCSc1ccccn1)c1cc2c(s1)C1(CCNCC1)OCC2. The van der Waals surface area contributed by atoms with Gasteiger partial charge in [-0.05, 0) is 56.1 Å². The van der Waals surface area contributed by atoms with Gasteiger partial charge in [-0.3, -0.25) is 4.79 Å². The van der Waals surface area contributed by atoms with Crippen molar-refractivity contribution < 1.29 is 9.53 Å². The molecule has 1 spiro atoms. The Kier molecular flexibility index (Phi) is 7.16. The van der Waals surface area contributed by atoms with E-state index >= 15 is 0 Å². The quantitative estimate of drug-likeness (QED) is 0.568. The molecule has 1 amide bonds. The van der Waals surface area contributed by atoms with E-state index in [1.54, 1.807) is 29.3 Å². The first kappa shape index (κ1) is 20.6. The standard InChI is InChI=1S/C19H23N3O2S2.ClH/c23-18(22-10-12-25-16-3-1-2-7-21-16)15-13-14-4-11-24-19(17(14)26-15)5-8-20-9-6-19;/h1-3,7,13,20H,4-6,8-12H2,(H,22,23);1H. The maximum atomic E-state index is 12.6. The Morgan fingerprint density at radius 1 is 1.37 bits per heavy atom. The second-order valence-corrected chi connectivity index (χ2v) is 8.75. The third kappa shape index (κ3) is 4.66. The van der Waals surface area contributed by atoms with Crippen molar-refractivity contribution in [3.05, 3.63) is 45.8 Å². The van der Waals surface area contributed by atoms with Crippen LogP contribution in [0.15, 0.2) is 35.5 Å². The molecule has 0 unspecified atom stereocenters. The van der Waals surface area contributed by atoms with E-state index in [0.29, 0.717) is 6.54 Å². The Morgan fingerprint density at radius 3 is 3.00 bits per heavy atom. The summed E-state index contributed by atoms with van der Waals surface area (Å²) < 4.78 is 6.20. The maximum absolute atomic E-state index is 12.6. The normalized spacial score (nSPS) is 17.8. The fraction of sp³-hybridized carbons (Fsp3) is 0.474. The molecule has 0 aliphatic carbocycles. The Balaban J connectivity index is 0.00000210. The molecule has 2 aromatic heterocycles. The highest BCUT2D eigenvalue weighted by Crippen LogP contribution is 2.44. The largest absolute Gasteiger partial charge is 0.369 e. The zero-order valence-corrected chi connectivity index (χ0v) is 17.5. The van der Waals surface area contributed by atoms with Gasteiger partial charge in [0.25, 0.3) is 5.91 Å². The maximum Gasteiger partial charge on any atom is 0.261 e. The molecule has 27 heavy (non-hydrogen) atoms. The van der Waals surface area contributed by atoms with E-state index < -0.39 is 0 Å². The van der Waals surface area contributed by atoms with Gasteiger partial charge in [-0.25, -0.2) is 4.98 Å². The molecule has 2 N–H and O–H groups in total. The Labute approximate surface area is 174 Å². The monoisotopic (exact) mass is 425 g/mol. The average Bonchev–Trinajstić information content (AvgIpc) is 3.13. The number of nitrogens with one attached hydrogen (secondary N) is 2. The number of nitrogens with zero attached hydrogens (tertiary/aromatic N) is 1. The number of carbonyl (C=O) groups is 1. The molecule has 2 aliphatic rings.